The number of pyridine rings is 1. The van der Waals surface area contributed by atoms with Crippen molar-refractivity contribution in [3.8, 4) is 0 Å². The highest BCUT2D eigenvalue weighted by molar-refractivity contribution is 14.0. The summed E-state index contributed by atoms with van der Waals surface area (Å²) in [5.74, 6) is 1.60. The molecular formula is C23H34FIN6. The van der Waals surface area contributed by atoms with Crippen LogP contribution >= 0.6 is 24.0 Å². The number of piperidine rings is 1. The number of guanidine groups is 1. The van der Waals surface area contributed by atoms with Crippen molar-refractivity contribution in [3.63, 3.8) is 0 Å². The number of anilines is 1. The van der Waals surface area contributed by atoms with Gasteiger partial charge in [0.2, 0.25) is 0 Å². The summed E-state index contributed by atoms with van der Waals surface area (Å²) >= 11 is 0. The largest absolute Gasteiger partial charge is 0.363 e. The topological polar surface area (TPSA) is 55.8 Å². The third-order valence-electron chi connectivity index (χ3n) is 5.24. The van der Waals surface area contributed by atoms with Gasteiger partial charge >= 0.3 is 0 Å². The predicted octanol–water partition coefficient (Wildman–Crippen LogP) is 3.62. The molecule has 1 fully saturated rings. The molecular weight excluding hydrogens is 506 g/mol. The fraction of sp³-hybridized carbons (Fsp3) is 0.478. The van der Waals surface area contributed by atoms with Crippen LogP contribution in [-0.2, 0) is 13.1 Å². The van der Waals surface area contributed by atoms with Crippen molar-refractivity contribution in [1.29, 1.82) is 0 Å². The summed E-state index contributed by atoms with van der Waals surface area (Å²) in [7, 11) is 3.98. The van der Waals surface area contributed by atoms with E-state index in [1.54, 1.807) is 0 Å². The number of hydrogen-bond acceptors (Lipinski definition) is 4. The van der Waals surface area contributed by atoms with Crippen LogP contribution in [0, 0.1) is 5.82 Å². The molecule has 8 heteroatoms. The molecule has 2 N–H and O–H groups in total. The Morgan fingerprint density at radius 3 is 2.52 bits per heavy atom. The van der Waals surface area contributed by atoms with Gasteiger partial charge in [-0.05, 0) is 49.6 Å². The molecule has 0 saturated carbocycles. The Kier molecular flexibility index (Phi) is 10.5. The van der Waals surface area contributed by atoms with Crippen molar-refractivity contribution < 1.29 is 4.39 Å². The standard InChI is InChI=1S/C23H33FN6.HI/c1-4-25-23(26-16-21-6-5-7-22(27-21)29(2)3)28-20-12-14-30(15-13-20)17-18-8-10-19(24)11-9-18;/h5-11,20H,4,12-17H2,1-3H3,(H2,25,26,28);1H. The van der Waals surface area contributed by atoms with Crippen LogP contribution in [0.1, 0.15) is 31.0 Å². The van der Waals surface area contributed by atoms with Gasteiger partial charge in [0, 0.05) is 46.3 Å². The third kappa shape index (κ3) is 8.25. The minimum Gasteiger partial charge on any atom is -0.363 e. The molecule has 0 spiro atoms. The number of nitrogens with one attached hydrogen (secondary N) is 2. The number of likely N-dealkylation sites (tertiary alicyclic amines) is 1. The number of benzene rings is 1. The van der Waals surface area contributed by atoms with Crippen molar-refractivity contribution in [1.82, 2.24) is 20.5 Å². The molecule has 0 aliphatic carbocycles. The molecule has 0 unspecified atom stereocenters. The molecule has 1 saturated heterocycles. The molecule has 0 radical (unpaired) electrons. The lowest BCUT2D eigenvalue weighted by Crippen LogP contribution is -2.48. The van der Waals surface area contributed by atoms with Crippen LogP contribution in [0.5, 0.6) is 0 Å². The van der Waals surface area contributed by atoms with Crippen molar-refractivity contribution >= 4 is 35.8 Å². The summed E-state index contributed by atoms with van der Waals surface area (Å²) in [4.78, 5) is 13.8. The molecule has 6 nitrogen and oxygen atoms in total. The number of halogens is 2. The number of nitrogens with zero attached hydrogens (tertiary/aromatic N) is 4. The second-order valence-electron chi connectivity index (χ2n) is 7.90. The van der Waals surface area contributed by atoms with Crippen LogP contribution in [0.2, 0.25) is 0 Å². The van der Waals surface area contributed by atoms with Crippen LogP contribution in [0.3, 0.4) is 0 Å². The minimum atomic E-state index is -0.180. The Balaban J connectivity index is 0.00000341. The summed E-state index contributed by atoms with van der Waals surface area (Å²) in [6.07, 6.45) is 2.11. The minimum absolute atomic E-state index is 0. The number of rotatable bonds is 7. The van der Waals surface area contributed by atoms with Gasteiger partial charge in [0.15, 0.2) is 5.96 Å². The van der Waals surface area contributed by atoms with Crippen LogP contribution in [0.25, 0.3) is 0 Å². The molecule has 170 valence electrons. The average Bonchev–Trinajstić information content (AvgIpc) is 2.75. The lowest BCUT2D eigenvalue weighted by atomic mass is 10.0. The van der Waals surface area contributed by atoms with Crippen LogP contribution in [0.15, 0.2) is 47.5 Å². The molecule has 0 amide bonds. The molecule has 31 heavy (non-hydrogen) atoms. The Morgan fingerprint density at radius 1 is 1.16 bits per heavy atom. The van der Waals surface area contributed by atoms with E-state index in [0.29, 0.717) is 12.6 Å². The lowest BCUT2D eigenvalue weighted by molar-refractivity contribution is 0.198. The van der Waals surface area contributed by atoms with Crippen LogP contribution < -0.4 is 15.5 Å². The van der Waals surface area contributed by atoms with Crippen LogP contribution in [-0.4, -0.2) is 55.6 Å². The summed E-state index contributed by atoms with van der Waals surface area (Å²) < 4.78 is 13.1. The highest BCUT2D eigenvalue weighted by atomic mass is 127. The predicted molar refractivity (Wildman–Crippen MR) is 137 cm³/mol. The van der Waals surface area contributed by atoms with Crippen molar-refractivity contribution in [2.75, 3.05) is 38.6 Å². The Hall–Kier alpha value is -1.94. The lowest BCUT2D eigenvalue weighted by Gasteiger charge is -2.33. The zero-order valence-corrected chi connectivity index (χ0v) is 21.0. The average molecular weight is 540 g/mol. The highest BCUT2D eigenvalue weighted by Gasteiger charge is 2.20. The molecule has 2 heterocycles. The fourth-order valence-electron chi connectivity index (χ4n) is 3.56. The summed E-state index contributed by atoms with van der Waals surface area (Å²) in [6.45, 7) is 6.34. The van der Waals surface area contributed by atoms with Crippen molar-refractivity contribution in [3.05, 3.63) is 59.5 Å². The normalized spacial score (nSPS) is 15.3. The maximum Gasteiger partial charge on any atom is 0.191 e. The van der Waals surface area contributed by atoms with Gasteiger partial charge in [-0.25, -0.2) is 14.4 Å². The first-order chi connectivity index (χ1) is 14.5. The van der Waals surface area contributed by atoms with E-state index in [0.717, 1.165) is 62.1 Å². The third-order valence-corrected chi connectivity index (χ3v) is 5.24. The van der Waals surface area contributed by atoms with E-state index in [1.165, 1.54) is 12.1 Å². The molecule has 1 aliphatic rings. The first kappa shape index (κ1) is 25.3. The van der Waals surface area contributed by atoms with Gasteiger partial charge in [-0.3, -0.25) is 4.90 Å². The monoisotopic (exact) mass is 540 g/mol. The van der Waals surface area contributed by atoms with Gasteiger partial charge in [-0.2, -0.15) is 0 Å². The second kappa shape index (κ2) is 12.8. The van der Waals surface area contributed by atoms with Crippen molar-refractivity contribution in [2.24, 2.45) is 4.99 Å². The van der Waals surface area contributed by atoms with Crippen LogP contribution in [0.4, 0.5) is 10.2 Å². The first-order valence-electron chi connectivity index (χ1n) is 10.7. The number of hydrogen-bond donors (Lipinski definition) is 2. The Labute approximate surface area is 202 Å². The van der Waals surface area contributed by atoms with E-state index in [-0.39, 0.29) is 29.8 Å². The molecule has 1 aliphatic heterocycles. The van der Waals surface area contributed by atoms with Crippen molar-refractivity contribution in [2.45, 2.75) is 38.9 Å². The SMILES string of the molecule is CCNC(=NCc1cccc(N(C)C)n1)NC1CCN(Cc2ccc(F)cc2)CC1.I. The molecule has 0 atom stereocenters. The van der Waals surface area contributed by atoms with E-state index in [1.807, 2.05) is 49.3 Å². The fourth-order valence-corrected chi connectivity index (χ4v) is 3.56. The maximum absolute atomic E-state index is 13.1. The molecule has 2 aromatic rings. The molecule has 1 aromatic carbocycles. The van der Waals surface area contributed by atoms with Gasteiger partial charge in [0.1, 0.15) is 11.6 Å². The Bertz CT molecular complexity index is 819. The van der Waals surface area contributed by atoms with E-state index < -0.39 is 0 Å². The first-order valence-corrected chi connectivity index (χ1v) is 10.7. The maximum atomic E-state index is 13.1. The zero-order valence-electron chi connectivity index (χ0n) is 18.6. The molecule has 3 rings (SSSR count). The smallest absolute Gasteiger partial charge is 0.191 e. The molecule has 0 bridgehead atoms. The summed E-state index contributed by atoms with van der Waals surface area (Å²) in [5, 5.41) is 6.93. The van der Waals surface area contributed by atoms with E-state index in [2.05, 4.69) is 27.4 Å². The Morgan fingerprint density at radius 2 is 1.87 bits per heavy atom. The van der Waals surface area contributed by atoms with Gasteiger partial charge in [-0.15, -0.1) is 24.0 Å². The van der Waals surface area contributed by atoms with Gasteiger partial charge in [-0.1, -0.05) is 18.2 Å². The van der Waals surface area contributed by atoms with E-state index in [4.69, 9.17) is 4.99 Å². The van der Waals surface area contributed by atoms with Gasteiger partial charge in [0.25, 0.3) is 0 Å². The number of aromatic nitrogens is 1. The highest BCUT2D eigenvalue weighted by Crippen LogP contribution is 2.14. The van der Waals surface area contributed by atoms with E-state index in [9.17, 15) is 4.39 Å². The van der Waals surface area contributed by atoms with Gasteiger partial charge < -0.3 is 15.5 Å². The zero-order chi connectivity index (χ0) is 21.3. The van der Waals surface area contributed by atoms with Gasteiger partial charge in [0.05, 0.1) is 12.2 Å². The molecule has 1 aromatic heterocycles. The summed E-state index contributed by atoms with van der Waals surface area (Å²) in [6, 6.07) is 13.2. The summed E-state index contributed by atoms with van der Waals surface area (Å²) in [5.41, 5.74) is 2.11. The number of aliphatic imine (C=N–C) groups is 1. The quantitative estimate of drug-likeness (QED) is 0.319. The second-order valence-corrected chi connectivity index (χ2v) is 7.90. The van der Waals surface area contributed by atoms with E-state index >= 15 is 0 Å².